The lowest BCUT2D eigenvalue weighted by Crippen LogP contribution is -2.50. The maximum Gasteiger partial charge on any atom is 0.496 e. The van der Waals surface area contributed by atoms with E-state index in [9.17, 15) is 24.6 Å². The predicted molar refractivity (Wildman–Crippen MR) is 543 cm³/mol. The number of amides is 1. The van der Waals surface area contributed by atoms with Gasteiger partial charge in [0.15, 0.2) is 22.6 Å². The van der Waals surface area contributed by atoms with Crippen molar-refractivity contribution in [1.29, 1.82) is 0 Å². The number of hydrogen-bond acceptors (Lipinski definition) is 24. The molecule has 2 aliphatic rings. The summed E-state index contributed by atoms with van der Waals surface area (Å²) in [6.45, 7) is 34.9. The van der Waals surface area contributed by atoms with Crippen molar-refractivity contribution in [1.82, 2.24) is 74.6 Å². The monoisotopic (exact) mass is 1870 g/mol. The Labute approximate surface area is 794 Å². The fraction of sp³-hybridized carbons (Fsp3) is 0.324. The van der Waals surface area contributed by atoms with Gasteiger partial charge in [0.05, 0.1) is 67.7 Å². The number of aromatic amines is 2. The third-order valence-corrected chi connectivity index (χ3v) is 28.2. The van der Waals surface area contributed by atoms with Gasteiger partial charge in [-0.25, -0.2) is 38.9 Å². The van der Waals surface area contributed by atoms with Crippen LogP contribution in [0.15, 0.2) is 183 Å². The molecule has 31 nitrogen and oxygen atoms in total. The molecule has 0 spiro atoms. The summed E-state index contributed by atoms with van der Waals surface area (Å²) in [5.41, 5.74) is 36.4. The van der Waals surface area contributed by atoms with Gasteiger partial charge in [-0.2, -0.15) is 20.4 Å². The number of aryl methyl sites for hydroxylation is 3. The standard InChI is InChI=1S/C29H35N7O2.C27H32N4O4Si.C25H36BN3O4Si.C21H18N4O3/c1-19-15-20(16-23(26(19)30)29(37)36-13-11-35(12-14-36)10-9-34(2)3)21-17-24-27(32-33-28(24)31-18-21)22-7-5-6-8-25(22)38-4;1-17-12-18(13-21(24(17)28)27(32)33)19-14-22-25(20-8-6-7-9-23(20)34-2)30-31(26(22)29-15-19)16-35-10-11-36(3,4)5;1-24(2)25(3,4)33-26(32-24)18-15-20-22(19-11-9-10-12-21(19)30-5)28-29(23(20)27-16-18)17-31-13-14-34(6,7)8;1-11-7-12(8-15(18(11)22)21(26)27)13-9-16-19(24-25-20(16)23-10-13)14-5-3-4-6-17(14)28-2/h5-8,15-18H,9-14,30H2,1-4H3,(H,31,32,33);6-9,12-15H,10-11,16,28H2,1-5H3,(H,32,33);9-12,15-16H,13-14,17H2,1-8H3;3-10H,22H2,1-2H3,(H,26,27)(H,23,24,25). The van der Waals surface area contributed by atoms with Crippen LogP contribution in [0.25, 0.3) is 123 Å². The SMILES string of the molecule is COc1ccccc1-c1[nH]nc2ncc(-c3cc(C)c(N)c(C(=O)N4CCN(CCN(C)C)CC4)c3)cc12.COc1ccccc1-c1[nH]nc2ncc(-c3cc(C)c(N)c(C(=O)O)c3)cc12.COc1ccccc1-c1nn(COCC[Si](C)(C)C)c2ncc(-c3cc(C)c(N)c(C(=O)O)c3)cc12.COc1ccccc1-c1nn(COCC[Si](C)(C)C)c2ncc(B3OC(C)(C)C(C)(C)O3)cc12. The molecule has 17 rings (SSSR count). The van der Waals surface area contributed by atoms with Crippen LogP contribution in [0.5, 0.6) is 23.0 Å². The molecule has 2 aliphatic heterocycles. The lowest BCUT2D eigenvalue weighted by molar-refractivity contribution is 0.00578. The Morgan fingerprint density at radius 2 is 0.831 bits per heavy atom. The number of ether oxygens (including phenoxy) is 6. The smallest absolute Gasteiger partial charge is 0.496 e. The van der Waals surface area contributed by atoms with Crippen LogP contribution in [-0.2, 0) is 32.2 Å². The molecule has 2 fully saturated rings. The highest BCUT2D eigenvalue weighted by molar-refractivity contribution is 6.76. The highest BCUT2D eigenvalue weighted by atomic mass is 28.3. The number of carbonyl (C=O) groups excluding carboxylic acids is 1. The first kappa shape index (κ1) is 98.3. The zero-order chi connectivity index (χ0) is 97.4. The molecule has 2 saturated heterocycles. The number of nitrogens with two attached hydrogens (primary N) is 3. The Morgan fingerprint density at radius 1 is 0.471 bits per heavy atom. The summed E-state index contributed by atoms with van der Waals surface area (Å²) in [4.78, 5) is 61.9. The van der Waals surface area contributed by atoms with E-state index in [2.05, 4.69) is 133 Å². The fourth-order valence-corrected chi connectivity index (χ4v) is 17.6. The number of fused-ring (bicyclic) bond motifs is 4. The third kappa shape index (κ3) is 22.1. The fourth-order valence-electron chi connectivity index (χ4n) is 16.1. The van der Waals surface area contributed by atoms with Gasteiger partial charge in [0.1, 0.15) is 47.8 Å². The van der Waals surface area contributed by atoms with Crippen molar-refractivity contribution in [2.75, 3.05) is 112 Å². The molecule has 8 aromatic heterocycles. The molecule has 10 N–H and O–H groups in total. The molecule has 0 unspecified atom stereocenters. The molecular formula is C102H121BN18O13Si2. The summed E-state index contributed by atoms with van der Waals surface area (Å²) >= 11 is 0. The summed E-state index contributed by atoms with van der Waals surface area (Å²) in [6, 6.07) is 52.0. The van der Waals surface area contributed by atoms with Crippen LogP contribution in [0.4, 0.5) is 17.1 Å². The van der Waals surface area contributed by atoms with Crippen LogP contribution in [0.1, 0.15) is 75.5 Å². The normalized spacial score (nSPS) is 13.7. The van der Waals surface area contributed by atoms with Gasteiger partial charge in [-0.05, 0) is 217 Å². The number of aromatic nitrogens is 12. The van der Waals surface area contributed by atoms with E-state index in [4.69, 9.17) is 75.1 Å². The molecule has 708 valence electrons. The second kappa shape index (κ2) is 41.6. The van der Waals surface area contributed by atoms with Gasteiger partial charge in [0.2, 0.25) is 0 Å². The van der Waals surface area contributed by atoms with Gasteiger partial charge in [-0.15, -0.1) is 0 Å². The predicted octanol–water partition coefficient (Wildman–Crippen LogP) is 17.8. The van der Waals surface area contributed by atoms with Crippen molar-refractivity contribution in [3.8, 4) is 101 Å². The number of pyridine rings is 4. The van der Waals surface area contributed by atoms with Gasteiger partial charge < -0.3 is 74.9 Å². The number of methoxy groups -OCH3 is 4. The maximum absolute atomic E-state index is 13.6. The van der Waals surface area contributed by atoms with E-state index in [-0.39, 0.29) is 35.1 Å². The Hall–Kier alpha value is -13.7. The number of benzene rings is 7. The van der Waals surface area contributed by atoms with Gasteiger partial charge in [0.25, 0.3) is 5.91 Å². The molecule has 10 heterocycles. The quantitative estimate of drug-likeness (QED) is 0.0136. The number of piperazine rings is 1. The number of anilines is 3. The number of aromatic carboxylic acids is 2. The summed E-state index contributed by atoms with van der Waals surface area (Å²) in [6.07, 6.45) is 7.01. The van der Waals surface area contributed by atoms with E-state index in [0.717, 1.165) is 172 Å². The molecule has 0 atom stereocenters. The van der Waals surface area contributed by atoms with Gasteiger partial charge in [-0.3, -0.25) is 19.9 Å². The van der Waals surface area contributed by atoms with Crippen LogP contribution in [0, 0.1) is 20.8 Å². The number of nitrogen functional groups attached to an aromatic ring is 3. The van der Waals surface area contributed by atoms with Crippen LogP contribution in [0.3, 0.4) is 0 Å². The van der Waals surface area contributed by atoms with Crippen LogP contribution in [0.2, 0.25) is 51.4 Å². The van der Waals surface area contributed by atoms with E-state index in [1.165, 1.54) is 0 Å². The summed E-state index contributed by atoms with van der Waals surface area (Å²) in [5.74, 6) is 0.780. The molecular weight excluding hydrogens is 1750 g/mol. The number of rotatable bonds is 28. The average Bonchev–Trinajstić information content (AvgIpc) is 1.60. The zero-order valence-corrected chi connectivity index (χ0v) is 82.8. The Balaban J connectivity index is 0.000000146. The number of likely N-dealkylation sites (N-methyl/N-ethyl adjacent to an activating group) is 1. The summed E-state index contributed by atoms with van der Waals surface area (Å²) in [7, 11) is 7.85. The van der Waals surface area contributed by atoms with E-state index in [1.807, 2.05) is 156 Å². The minimum atomic E-state index is -1.21. The number of carboxylic acids is 2. The molecule has 7 aromatic carbocycles. The second-order valence-corrected chi connectivity index (χ2v) is 49.0. The Kier molecular flexibility index (Phi) is 30.1. The lowest BCUT2D eigenvalue weighted by Gasteiger charge is -2.35. The van der Waals surface area contributed by atoms with Gasteiger partial charge >= 0.3 is 19.1 Å². The first-order chi connectivity index (χ1) is 64.8. The van der Waals surface area contributed by atoms with Crippen molar-refractivity contribution < 1.29 is 62.3 Å². The average molecular weight is 1870 g/mol. The van der Waals surface area contributed by atoms with Crippen LogP contribution in [-0.4, -0.2) is 232 Å². The number of carbonyl (C=O) groups is 3. The molecule has 0 radical (unpaired) electrons. The lowest BCUT2D eigenvalue weighted by atomic mass is 9.80. The summed E-state index contributed by atoms with van der Waals surface area (Å²) in [5, 5.41) is 47.0. The van der Waals surface area contributed by atoms with Crippen molar-refractivity contribution >= 4 is 108 Å². The van der Waals surface area contributed by atoms with E-state index in [1.54, 1.807) is 77.7 Å². The van der Waals surface area contributed by atoms with Crippen molar-refractivity contribution in [2.24, 2.45) is 0 Å². The van der Waals surface area contributed by atoms with E-state index >= 15 is 0 Å². The number of nitrogens with zero attached hydrogens (tertiary/aromatic N) is 13. The summed E-state index contributed by atoms with van der Waals surface area (Å²) < 4.78 is 50.4. The largest absolute Gasteiger partial charge is 0.496 e. The topological polar surface area (TPSA) is 398 Å². The molecule has 0 bridgehead atoms. The maximum atomic E-state index is 13.6. The molecule has 1 amide bonds. The second-order valence-electron chi connectivity index (χ2n) is 37.7. The number of nitrogens with one attached hydrogen (secondary N) is 2. The Bertz CT molecular complexity index is 6880. The van der Waals surface area contributed by atoms with E-state index < -0.39 is 46.4 Å². The van der Waals surface area contributed by atoms with Gasteiger partial charge in [-0.1, -0.05) is 87.8 Å². The minimum absolute atomic E-state index is 0.0215. The van der Waals surface area contributed by atoms with E-state index in [0.29, 0.717) is 78.1 Å². The van der Waals surface area contributed by atoms with Crippen molar-refractivity contribution in [2.45, 2.75) is 125 Å². The first-order valence-corrected chi connectivity index (χ1v) is 52.6. The highest BCUT2D eigenvalue weighted by Gasteiger charge is 2.52. The third-order valence-electron chi connectivity index (χ3n) is 24.8. The van der Waals surface area contributed by atoms with Gasteiger partial charge in [0, 0.05) is 176 Å². The van der Waals surface area contributed by atoms with Crippen molar-refractivity contribution in [3.05, 3.63) is 216 Å². The molecule has 136 heavy (non-hydrogen) atoms. The molecule has 0 saturated carbocycles. The highest BCUT2D eigenvalue weighted by Crippen LogP contribution is 2.43. The molecule has 15 aromatic rings. The number of carboxylic acid groups (broad SMARTS) is 2. The van der Waals surface area contributed by atoms with Crippen LogP contribution < -0.4 is 41.6 Å². The minimum Gasteiger partial charge on any atom is -0.496 e. The molecule has 0 aliphatic carbocycles. The number of para-hydroxylation sites is 4. The van der Waals surface area contributed by atoms with Crippen LogP contribution >= 0.6 is 0 Å². The Morgan fingerprint density at radius 3 is 1.23 bits per heavy atom. The molecule has 34 heteroatoms. The number of hydrogen-bond donors (Lipinski definition) is 7. The zero-order valence-electron chi connectivity index (χ0n) is 80.8. The first-order valence-electron chi connectivity index (χ1n) is 45.2. The van der Waals surface area contributed by atoms with Crippen molar-refractivity contribution in [3.63, 3.8) is 0 Å². The number of H-pyrrole nitrogens is 2.